The number of hydrogen-bond acceptors (Lipinski definition) is 3. The van der Waals surface area contributed by atoms with Crippen molar-refractivity contribution in [3.05, 3.63) is 93.7 Å². The highest BCUT2D eigenvalue weighted by atomic mass is 35.5. The molecule has 0 aliphatic heterocycles. The number of nitrogens with one attached hydrogen (secondary N) is 1. The molecule has 1 N–H and O–H groups in total. The predicted molar refractivity (Wildman–Crippen MR) is 121 cm³/mol. The Morgan fingerprint density at radius 2 is 1.67 bits per heavy atom. The number of aryl methyl sites for hydroxylation is 2. The second-order valence-corrected chi connectivity index (χ2v) is 7.70. The van der Waals surface area contributed by atoms with Crippen molar-refractivity contribution in [1.82, 2.24) is 14.8 Å². The molecule has 5 nitrogen and oxygen atoms in total. The lowest BCUT2D eigenvalue weighted by Crippen LogP contribution is -2.15. The van der Waals surface area contributed by atoms with Crippen molar-refractivity contribution in [3.63, 3.8) is 0 Å². The van der Waals surface area contributed by atoms with Gasteiger partial charge in [0.15, 0.2) is 5.82 Å². The van der Waals surface area contributed by atoms with Gasteiger partial charge >= 0.3 is 0 Å². The Kier molecular flexibility index (Phi) is 5.57. The van der Waals surface area contributed by atoms with E-state index in [9.17, 15) is 4.79 Å². The highest BCUT2D eigenvalue weighted by Gasteiger charge is 2.21. The van der Waals surface area contributed by atoms with Crippen LogP contribution in [0.2, 0.25) is 10.0 Å². The number of aromatic nitrogens is 3. The predicted octanol–water partition coefficient (Wildman–Crippen LogP) is 6.11. The monoisotopic (exact) mass is 436 g/mol. The van der Waals surface area contributed by atoms with Gasteiger partial charge in [-0.2, -0.15) is 0 Å². The summed E-state index contributed by atoms with van der Waals surface area (Å²) in [6, 6.07) is 20.5. The maximum absolute atomic E-state index is 13.0. The number of rotatable bonds is 4. The summed E-state index contributed by atoms with van der Waals surface area (Å²) in [5.41, 5.74) is 3.98. The first-order valence-corrected chi connectivity index (χ1v) is 10.0. The minimum atomic E-state index is -0.443. The Bertz CT molecular complexity index is 1230. The molecule has 0 fully saturated rings. The molecule has 0 saturated carbocycles. The van der Waals surface area contributed by atoms with E-state index < -0.39 is 5.91 Å². The van der Waals surface area contributed by atoms with Gasteiger partial charge < -0.3 is 5.32 Å². The van der Waals surface area contributed by atoms with Gasteiger partial charge in [-0.1, -0.05) is 65.7 Å². The Morgan fingerprint density at radius 1 is 0.933 bits per heavy atom. The number of carbonyl (C=O) groups is 1. The van der Waals surface area contributed by atoms with Crippen LogP contribution in [0.5, 0.6) is 0 Å². The molecule has 0 saturated heterocycles. The van der Waals surface area contributed by atoms with Crippen LogP contribution in [0, 0.1) is 13.8 Å². The van der Waals surface area contributed by atoms with Gasteiger partial charge in [-0.05, 0) is 49.2 Å². The van der Waals surface area contributed by atoms with Gasteiger partial charge in [0, 0.05) is 10.6 Å². The number of hydrogen-bond donors (Lipinski definition) is 1. The molecule has 0 aliphatic carbocycles. The van der Waals surface area contributed by atoms with Crippen molar-refractivity contribution in [2.75, 3.05) is 5.32 Å². The summed E-state index contributed by atoms with van der Waals surface area (Å²) in [4.78, 5) is 17.5. The highest BCUT2D eigenvalue weighted by molar-refractivity contribution is 6.34. The molecule has 3 aromatic carbocycles. The van der Waals surface area contributed by atoms with Crippen LogP contribution in [0.15, 0.2) is 66.7 Å². The molecule has 0 unspecified atom stereocenters. The van der Waals surface area contributed by atoms with Crippen LogP contribution in [0.3, 0.4) is 0 Å². The van der Waals surface area contributed by atoms with Gasteiger partial charge in [-0.15, -0.1) is 5.10 Å². The smallest absolute Gasteiger partial charge is 0.295 e. The summed E-state index contributed by atoms with van der Waals surface area (Å²) in [5.74, 6) is 0.113. The molecule has 0 aliphatic rings. The van der Waals surface area contributed by atoms with Crippen molar-refractivity contribution in [2.24, 2.45) is 0 Å². The third-order valence-corrected chi connectivity index (χ3v) is 5.25. The zero-order valence-electron chi connectivity index (χ0n) is 16.4. The molecule has 0 spiro atoms. The second-order valence-electron chi connectivity index (χ2n) is 6.85. The molecule has 1 heterocycles. The van der Waals surface area contributed by atoms with Crippen molar-refractivity contribution >= 4 is 34.8 Å². The summed E-state index contributed by atoms with van der Waals surface area (Å²) in [5, 5.41) is 8.37. The fourth-order valence-corrected chi connectivity index (χ4v) is 3.61. The average molecular weight is 437 g/mol. The van der Waals surface area contributed by atoms with E-state index in [1.807, 2.05) is 62.4 Å². The van der Waals surface area contributed by atoms with Crippen molar-refractivity contribution < 1.29 is 4.79 Å². The summed E-state index contributed by atoms with van der Waals surface area (Å²) in [7, 11) is 0. The fourth-order valence-electron chi connectivity index (χ4n) is 3.15. The zero-order chi connectivity index (χ0) is 21.3. The lowest BCUT2D eigenvalue weighted by Gasteiger charge is -2.09. The molecular formula is C23H18Cl2N4O. The first-order valence-electron chi connectivity index (χ1n) is 9.29. The van der Waals surface area contributed by atoms with Gasteiger partial charge in [-0.25, -0.2) is 9.67 Å². The maximum Gasteiger partial charge on any atom is 0.295 e. The first kappa shape index (κ1) is 20.1. The largest absolute Gasteiger partial charge is 0.318 e. The topological polar surface area (TPSA) is 59.8 Å². The van der Waals surface area contributed by atoms with Crippen LogP contribution in [-0.4, -0.2) is 20.7 Å². The normalized spacial score (nSPS) is 10.8. The quantitative estimate of drug-likeness (QED) is 0.419. The summed E-state index contributed by atoms with van der Waals surface area (Å²) < 4.78 is 1.66. The molecule has 1 amide bonds. The van der Waals surface area contributed by atoms with Gasteiger partial charge in [-0.3, -0.25) is 4.79 Å². The highest BCUT2D eigenvalue weighted by Crippen LogP contribution is 2.28. The van der Waals surface area contributed by atoms with E-state index in [-0.39, 0.29) is 5.82 Å². The summed E-state index contributed by atoms with van der Waals surface area (Å²) in [6.45, 7) is 3.85. The van der Waals surface area contributed by atoms with E-state index in [0.717, 1.165) is 22.4 Å². The van der Waals surface area contributed by atoms with Crippen LogP contribution in [0.1, 0.15) is 21.7 Å². The number of benzene rings is 3. The van der Waals surface area contributed by atoms with Gasteiger partial charge in [0.05, 0.1) is 16.4 Å². The molecule has 150 valence electrons. The Balaban J connectivity index is 1.81. The van der Waals surface area contributed by atoms with Gasteiger partial charge in [0.1, 0.15) is 0 Å². The molecule has 0 bridgehead atoms. The van der Waals surface area contributed by atoms with Crippen LogP contribution in [0.4, 0.5) is 5.69 Å². The zero-order valence-corrected chi connectivity index (χ0v) is 17.9. The average Bonchev–Trinajstić information content (AvgIpc) is 3.16. The Morgan fingerprint density at radius 3 is 2.40 bits per heavy atom. The van der Waals surface area contributed by atoms with Crippen LogP contribution in [-0.2, 0) is 0 Å². The molecule has 0 atom stereocenters. The van der Waals surface area contributed by atoms with Crippen LogP contribution < -0.4 is 5.32 Å². The second kappa shape index (κ2) is 8.30. The number of para-hydroxylation sites is 2. The van der Waals surface area contributed by atoms with E-state index in [1.54, 1.807) is 22.9 Å². The molecular weight excluding hydrogens is 419 g/mol. The summed E-state index contributed by atoms with van der Waals surface area (Å²) >= 11 is 12.4. The minimum absolute atomic E-state index is 0.0348. The molecule has 30 heavy (non-hydrogen) atoms. The Hall–Kier alpha value is -3.15. The third-order valence-electron chi connectivity index (χ3n) is 4.70. The molecule has 7 heteroatoms. The van der Waals surface area contributed by atoms with Crippen LogP contribution in [0.25, 0.3) is 17.1 Å². The first-order chi connectivity index (χ1) is 14.4. The van der Waals surface area contributed by atoms with E-state index in [1.165, 1.54) is 0 Å². The third kappa shape index (κ3) is 3.95. The fraction of sp³-hybridized carbons (Fsp3) is 0.0870. The lowest BCUT2D eigenvalue weighted by molar-refractivity contribution is 0.101. The Labute approximate surface area is 184 Å². The number of amides is 1. The number of nitrogens with zero attached hydrogens (tertiary/aromatic N) is 3. The maximum atomic E-state index is 13.0. The molecule has 4 rings (SSSR count). The van der Waals surface area contributed by atoms with Crippen LogP contribution >= 0.6 is 23.2 Å². The van der Waals surface area contributed by atoms with Gasteiger partial charge in [0.2, 0.25) is 5.82 Å². The van der Waals surface area contributed by atoms with E-state index >= 15 is 0 Å². The number of carbonyl (C=O) groups excluding carboxylic acids is 1. The molecule has 0 radical (unpaired) electrons. The minimum Gasteiger partial charge on any atom is -0.318 e. The van der Waals surface area contributed by atoms with Crippen molar-refractivity contribution in [1.29, 1.82) is 0 Å². The summed E-state index contributed by atoms with van der Waals surface area (Å²) in [6.07, 6.45) is 0. The number of anilines is 1. The standard InChI is InChI=1S/C23H18Cl2N4O/c1-14-7-3-4-12-19(14)29-22(16-9-6-10-17(24)13-16)27-21(28-29)23(30)26-20-15(2)8-5-11-18(20)25/h3-13H,1-2H3,(H,26,30). The van der Waals surface area contributed by atoms with E-state index in [2.05, 4.69) is 15.4 Å². The van der Waals surface area contributed by atoms with E-state index in [4.69, 9.17) is 23.2 Å². The van der Waals surface area contributed by atoms with E-state index in [0.29, 0.717) is 21.6 Å². The van der Waals surface area contributed by atoms with Crippen molar-refractivity contribution in [2.45, 2.75) is 13.8 Å². The SMILES string of the molecule is Cc1ccccc1-n1nc(C(=O)Nc2c(C)cccc2Cl)nc1-c1cccc(Cl)c1. The molecule has 4 aromatic rings. The molecule has 1 aromatic heterocycles. The number of halogens is 2. The van der Waals surface area contributed by atoms with Gasteiger partial charge in [0.25, 0.3) is 5.91 Å². The lowest BCUT2D eigenvalue weighted by atomic mass is 10.2. The van der Waals surface area contributed by atoms with Crippen molar-refractivity contribution in [3.8, 4) is 17.1 Å².